The average molecular weight is 322 g/mol. The van der Waals surface area contributed by atoms with Crippen molar-refractivity contribution in [3.05, 3.63) is 63.6 Å². The Labute approximate surface area is 135 Å². The minimum atomic E-state index is 0.153. The molecule has 4 heteroatoms. The SMILES string of the molecule is C[C@H](NCC1Cc2cc(Cl)ccc2O1)c1cccc(Cl)c1. The summed E-state index contributed by atoms with van der Waals surface area (Å²) >= 11 is 12.0. The van der Waals surface area contributed by atoms with Gasteiger partial charge in [-0.15, -0.1) is 0 Å². The standard InChI is InChI=1S/C17H17Cl2NO/c1-11(12-3-2-4-14(18)7-12)20-10-16-9-13-8-15(19)5-6-17(13)21-16/h2-8,11,16,20H,9-10H2,1H3/t11-,16?/m0/s1. The van der Waals surface area contributed by atoms with Crippen LogP contribution in [0.3, 0.4) is 0 Å². The number of nitrogens with one attached hydrogen (secondary N) is 1. The summed E-state index contributed by atoms with van der Waals surface area (Å²) in [5, 5.41) is 5.03. The summed E-state index contributed by atoms with van der Waals surface area (Å²) in [6.07, 6.45) is 1.05. The number of halogens is 2. The monoisotopic (exact) mass is 321 g/mol. The number of benzene rings is 2. The largest absolute Gasteiger partial charge is 0.488 e. The predicted molar refractivity (Wildman–Crippen MR) is 87.4 cm³/mol. The Balaban J connectivity index is 1.57. The van der Waals surface area contributed by atoms with E-state index in [0.29, 0.717) is 0 Å². The van der Waals surface area contributed by atoms with Crippen molar-refractivity contribution in [1.82, 2.24) is 5.32 Å². The van der Waals surface area contributed by atoms with E-state index < -0.39 is 0 Å². The number of rotatable bonds is 4. The van der Waals surface area contributed by atoms with Gasteiger partial charge in [-0.1, -0.05) is 35.3 Å². The first-order valence-electron chi connectivity index (χ1n) is 7.06. The fourth-order valence-electron chi connectivity index (χ4n) is 2.60. The molecule has 0 fully saturated rings. The lowest BCUT2D eigenvalue weighted by Gasteiger charge is -2.18. The lowest BCUT2D eigenvalue weighted by molar-refractivity contribution is 0.222. The van der Waals surface area contributed by atoms with E-state index in [4.69, 9.17) is 27.9 Å². The van der Waals surface area contributed by atoms with Crippen LogP contribution in [0.25, 0.3) is 0 Å². The van der Waals surface area contributed by atoms with Gasteiger partial charge in [-0.3, -0.25) is 0 Å². The molecule has 0 spiro atoms. The van der Waals surface area contributed by atoms with E-state index in [1.54, 1.807) is 0 Å². The molecular weight excluding hydrogens is 305 g/mol. The van der Waals surface area contributed by atoms with Gasteiger partial charge in [0.25, 0.3) is 0 Å². The first kappa shape index (κ1) is 14.7. The van der Waals surface area contributed by atoms with Crippen LogP contribution in [0.15, 0.2) is 42.5 Å². The summed E-state index contributed by atoms with van der Waals surface area (Å²) in [5.41, 5.74) is 2.37. The molecule has 0 saturated carbocycles. The first-order valence-corrected chi connectivity index (χ1v) is 7.81. The predicted octanol–water partition coefficient (Wildman–Crippen LogP) is 4.65. The van der Waals surface area contributed by atoms with E-state index >= 15 is 0 Å². The molecule has 2 aromatic carbocycles. The van der Waals surface area contributed by atoms with Gasteiger partial charge >= 0.3 is 0 Å². The third kappa shape index (κ3) is 3.52. The van der Waals surface area contributed by atoms with Crippen LogP contribution in [0, 0.1) is 0 Å². The van der Waals surface area contributed by atoms with Crippen molar-refractivity contribution in [2.75, 3.05) is 6.54 Å². The van der Waals surface area contributed by atoms with Gasteiger partial charge in [-0.2, -0.15) is 0 Å². The minimum Gasteiger partial charge on any atom is -0.488 e. The van der Waals surface area contributed by atoms with Gasteiger partial charge < -0.3 is 10.1 Å². The topological polar surface area (TPSA) is 21.3 Å². The van der Waals surface area contributed by atoms with Crippen LogP contribution in [0.5, 0.6) is 5.75 Å². The van der Waals surface area contributed by atoms with Gasteiger partial charge in [-0.05, 0) is 48.4 Å². The minimum absolute atomic E-state index is 0.153. The van der Waals surface area contributed by atoms with Gasteiger partial charge in [0.15, 0.2) is 0 Å². The molecule has 0 aromatic heterocycles. The second-order valence-corrected chi connectivity index (χ2v) is 6.25. The molecule has 0 bridgehead atoms. The van der Waals surface area contributed by atoms with Crippen molar-refractivity contribution >= 4 is 23.2 Å². The first-order chi connectivity index (χ1) is 10.1. The molecule has 110 valence electrons. The Morgan fingerprint density at radius 1 is 1.19 bits per heavy atom. The maximum absolute atomic E-state index is 6.03. The fraction of sp³-hybridized carbons (Fsp3) is 0.294. The van der Waals surface area contributed by atoms with Crippen LogP contribution >= 0.6 is 23.2 Å². The van der Waals surface area contributed by atoms with Gasteiger partial charge in [0.2, 0.25) is 0 Å². The summed E-state index contributed by atoms with van der Waals surface area (Å²) in [6, 6.07) is 14.0. The highest BCUT2D eigenvalue weighted by Gasteiger charge is 2.23. The normalized spacial score (nSPS) is 18.1. The Morgan fingerprint density at radius 3 is 2.81 bits per heavy atom. The van der Waals surface area contributed by atoms with Gasteiger partial charge in [0, 0.05) is 29.1 Å². The van der Waals surface area contributed by atoms with E-state index in [-0.39, 0.29) is 12.1 Å². The highest BCUT2D eigenvalue weighted by Crippen LogP contribution is 2.31. The molecule has 0 radical (unpaired) electrons. The van der Waals surface area contributed by atoms with Crippen LogP contribution in [0.4, 0.5) is 0 Å². The van der Waals surface area contributed by atoms with E-state index in [2.05, 4.69) is 18.3 Å². The van der Waals surface area contributed by atoms with Crippen LogP contribution in [0.2, 0.25) is 10.0 Å². The molecule has 0 aliphatic carbocycles. The molecule has 2 nitrogen and oxygen atoms in total. The Hall–Kier alpha value is -1.22. The number of fused-ring (bicyclic) bond motifs is 1. The Bertz CT molecular complexity index is 644. The van der Waals surface area contributed by atoms with Crippen LogP contribution < -0.4 is 10.1 Å². The van der Waals surface area contributed by atoms with Crippen molar-refractivity contribution in [2.24, 2.45) is 0 Å². The maximum Gasteiger partial charge on any atom is 0.123 e. The van der Waals surface area contributed by atoms with E-state index in [9.17, 15) is 0 Å². The third-order valence-corrected chi connectivity index (χ3v) is 4.23. The summed E-state index contributed by atoms with van der Waals surface area (Å²) in [4.78, 5) is 0. The van der Waals surface area contributed by atoms with Gasteiger partial charge in [-0.25, -0.2) is 0 Å². The molecule has 2 atom stereocenters. The smallest absolute Gasteiger partial charge is 0.123 e. The summed E-state index contributed by atoms with van der Waals surface area (Å²) in [7, 11) is 0. The quantitative estimate of drug-likeness (QED) is 0.885. The molecule has 0 saturated heterocycles. The van der Waals surface area contributed by atoms with Crippen molar-refractivity contribution in [2.45, 2.75) is 25.5 Å². The number of hydrogen-bond acceptors (Lipinski definition) is 2. The maximum atomic E-state index is 6.03. The molecule has 21 heavy (non-hydrogen) atoms. The summed E-state index contributed by atoms with van der Waals surface area (Å²) in [6.45, 7) is 2.92. The second-order valence-electron chi connectivity index (χ2n) is 5.38. The molecule has 2 aromatic rings. The van der Waals surface area contributed by atoms with Gasteiger partial charge in [0.1, 0.15) is 11.9 Å². The fourth-order valence-corrected chi connectivity index (χ4v) is 3.00. The summed E-state index contributed by atoms with van der Waals surface area (Å²) < 4.78 is 5.92. The van der Waals surface area contributed by atoms with Crippen LogP contribution in [-0.2, 0) is 6.42 Å². The van der Waals surface area contributed by atoms with E-state index in [1.165, 1.54) is 11.1 Å². The lowest BCUT2D eigenvalue weighted by Crippen LogP contribution is -2.31. The highest BCUT2D eigenvalue weighted by atomic mass is 35.5. The zero-order valence-electron chi connectivity index (χ0n) is 11.8. The number of hydrogen-bond donors (Lipinski definition) is 1. The number of ether oxygens (including phenoxy) is 1. The van der Waals surface area contributed by atoms with Crippen molar-refractivity contribution < 1.29 is 4.74 Å². The zero-order valence-corrected chi connectivity index (χ0v) is 13.3. The summed E-state index contributed by atoms with van der Waals surface area (Å²) in [5.74, 6) is 0.946. The van der Waals surface area contributed by atoms with Crippen molar-refractivity contribution in [1.29, 1.82) is 0 Å². The molecule has 0 amide bonds. The lowest BCUT2D eigenvalue weighted by atomic mass is 10.1. The van der Waals surface area contributed by atoms with Crippen LogP contribution in [0.1, 0.15) is 24.1 Å². The molecule has 1 heterocycles. The Kier molecular flexibility index (Phi) is 4.39. The molecular formula is C17H17Cl2NO. The molecule has 3 rings (SSSR count). The molecule has 1 aliphatic rings. The third-order valence-electron chi connectivity index (χ3n) is 3.76. The molecule has 1 unspecified atom stereocenters. The van der Waals surface area contributed by atoms with E-state index in [0.717, 1.165) is 28.8 Å². The van der Waals surface area contributed by atoms with Crippen LogP contribution in [-0.4, -0.2) is 12.6 Å². The van der Waals surface area contributed by atoms with Crippen molar-refractivity contribution in [3.8, 4) is 5.75 Å². The molecule has 1 N–H and O–H groups in total. The zero-order chi connectivity index (χ0) is 14.8. The van der Waals surface area contributed by atoms with Crippen molar-refractivity contribution in [3.63, 3.8) is 0 Å². The Morgan fingerprint density at radius 2 is 2.00 bits per heavy atom. The van der Waals surface area contributed by atoms with Gasteiger partial charge in [0.05, 0.1) is 0 Å². The second kappa shape index (κ2) is 6.27. The average Bonchev–Trinajstić information content (AvgIpc) is 2.86. The molecule has 1 aliphatic heterocycles. The highest BCUT2D eigenvalue weighted by molar-refractivity contribution is 6.30. The van der Waals surface area contributed by atoms with E-state index in [1.807, 2.05) is 36.4 Å².